The van der Waals surface area contributed by atoms with E-state index < -0.39 is 0 Å². The number of likely N-dealkylation sites (tertiary alicyclic amines) is 1. The number of benzene rings is 1. The van der Waals surface area contributed by atoms with Crippen molar-refractivity contribution in [1.82, 2.24) is 20.4 Å². The van der Waals surface area contributed by atoms with Gasteiger partial charge in [0, 0.05) is 30.5 Å². The molecule has 1 amide bonds. The maximum atomic E-state index is 12.2. The summed E-state index contributed by atoms with van der Waals surface area (Å²) in [5, 5.41) is 8.12. The number of nitrogens with zero attached hydrogens (tertiary/aromatic N) is 3. The summed E-state index contributed by atoms with van der Waals surface area (Å²) in [4.78, 5) is 18.4. The van der Waals surface area contributed by atoms with E-state index in [0.717, 1.165) is 24.3 Å². The number of likely N-dealkylation sites (N-methyl/N-ethyl adjacent to an activating group) is 1. The minimum absolute atomic E-state index is 0.00607. The number of amides is 1. The first-order chi connectivity index (χ1) is 11.6. The first kappa shape index (κ1) is 15.6. The van der Waals surface area contributed by atoms with Crippen LogP contribution >= 0.6 is 11.6 Å². The zero-order valence-corrected chi connectivity index (χ0v) is 14.2. The molecule has 0 unspecified atom stereocenters. The molecule has 2 aliphatic rings. The van der Waals surface area contributed by atoms with Gasteiger partial charge in [0.15, 0.2) is 5.82 Å². The van der Waals surface area contributed by atoms with Crippen LogP contribution in [0, 0.1) is 0 Å². The number of halogens is 1. The predicted octanol–water partition coefficient (Wildman–Crippen LogP) is 2.66. The van der Waals surface area contributed by atoms with E-state index in [4.69, 9.17) is 16.1 Å². The highest BCUT2D eigenvalue weighted by atomic mass is 35.5. The number of carbonyl (C=O) groups excluding carboxylic acids is 1. The van der Waals surface area contributed by atoms with E-state index in [1.807, 2.05) is 31.3 Å². The number of carbonyl (C=O) groups is 1. The van der Waals surface area contributed by atoms with Gasteiger partial charge in [-0.1, -0.05) is 28.9 Å². The van der Waals surface area contributed by atoms with Crippen molar-refractivity contribution in [3.63, 3.8) is 0 Å². The fourth-order valence-corrected chi connectivity index (χ4v) is 3.35. The molecule has 7 heteroatoms. The Bertz CT molecular complexity index is 741. The minimum Gasteiger partial charge on any atom is -0.339 e. The minimum atomic E-state index is -0.0235. The molecule has 1 aliphatic carbocycles. The second-order valence-corrected chi connectivity index (χ2v) is 6.95. The quantitative estimate of drug-likeness (QED) is 0.901. The smallest absolute Gasteiger partial charge is 0.229 e. The number of nitrogens with one attached hydrogen (secondary N) is 1. The lowest BCUT2D eigenvalue weighted by Crippen LogP contribution is -2.35. The normalized spacial score (nSPS) is 23.9. The fraction of sp³-hybridized carbons (Fsp3) is 0.471. The van der Waals surface area contributed by atoms with E-state index >= 15 is 0 Å². The molecule has 0 spiro atoms. The fourth-order valence-electron chi connectivity index (χ4n) is 3.23. The third kappa shape index (κ3) is 3.03. The summed E-state index contributed by atoms with van der Waals surface area (Å²) in [7, 11) is 1.84. The van der Waals surface area contributed by atoms with Crippen molar-refractivity contribution in [3.8, 4) is 0 Å². The Morgan fingerprint density at radius 3 is 2.79 bits per heavy atom. The molecule has 1 N–H and O–H groups in total. The summed E-state index contributed by atoms with van der Waals surface area (Å²) in [6, 6.07) is 7.63. The molecule has 6 nitrogen and oxygen atoms in total. The molecular weight excluding hydrogens is 328 g/mol. The topological polar surface area (TPSA) is 71.3 Å². The predicted molar refractivity (Wildman–Crippen MR) is 88.5 cm³/mol. The van der Waals surface area contributed by atoms with Crippen molar-refractivity contribution in [2.24, 2.45) is 0 Å². The Kier molecular flexibility index (Phi) is 4.02. The summed E-state index contributed by atoms with van der Waals surface area (Å²) in [6.45, 7) is 0.492. The largest absolute Gasteiger partial charge is 0.339 e. The second kappa shape index (κ2) is 6.18. The second-order valence-electron chi connectivity index (χ2n) is 6.52. The van der Waals surface area contributed by atoms with Crippen molar-refractivity contribution >= 4 is 17.5 Å². The average Bonchev–Trinajstić information content (AvgIpc) is 3.25. The number of hydrogen-bond acceptors (Lipinski definition) is 5. The number of aromatic nitrogens is 2. The molecule has 1 saturated carbocycles. The van der Waals surface area contributed by atoms with Crippen LogP contribution in [0.4, 0.5) is 0 Å². The Balaban J connectivity index is 1.47. The summed E-state index contributed by atoms with van der Waals surface area (Å²) in [6.07, 6.45) is 2.72. The Hall–Kier alpha value is -1.92. The molecule has 0 radical (unpaired) electrons. The molecule has 126 valence electrons. The van der Waals surface area contributed by atoms with Crippen molar-refractivity contribution in [1.29, 1.82) is 0 Å². The van der Waals surface area contributed by atoms with Crippen LogP contribution in [0.5, 0.6) is 0 Å². The van der Waals surface area contributed by atoms with Gasteiger partial charge in [-0.3, -0.25) is 4.79 Å². The van der Waals surface area contributed by atoms with Crippen LogP contribution in [0.1, 0.15) is 48.5 Å². The van der Waals surface area contributed by atoms with Gasteiger partial charge in [0.2, 0.25) is 11.8 Å². The van der Waals surface area contributed by atoms with Gasteiger partial charge < -0.3 is 14.7 Å². The maximum absolute atomic E-state index is 12.2. The number of hydrogen-bond donors (Lipinski definition) is 1. The van der Waals surface area contributed by atoms with Crippen molar-refractivity contribution in [2.75, 3.05) is 7.05 Å². The van der Waals surface area contributed by atoms with Gasteiger partial charge in [0.25, 0.3) is 0 Å². The van der Waals surface area contributed by atoms with E-state index in [1.54, 1.807) is 4.90 Å². The summed E-state index contributed by atoms with van der Waals surface area (Å²) in [5.41, 5.74) is 1.07. The molecule has 24 heavy (non-hydrogen) atoms. The Morgan fingerprint density at radius 1 is 1.33 bits per heavy atom. The van der Waals surface area contributed by atoms with Crippen LogP contribution in [0.15, 0.2) is 28.8 Å². The van der Waals surface area contributed by atoms with E-state index in [1.165, 1.54) is 0 Å². The van der Waals surface area contributed by atoms with Gasteiger partial charge in [-0.05, 0) is 30.5 Å². The monoisotopic (exact) mass is 346 g/mol. The Morgan fingerprint density at radius 2 is 2.08 bits per heavy atom. The molecule has 4 rings (SSSR count). The average molecular weight is 347 g/mol. The lowest BCUT2D eigenvalue weighted by Gasteiger charge is -2.25. The first-order valence-corrected chi connectivity index (χ1v) is 8.56. The van der Waals surface area contributed by atoms with Gasteiger partial charge in [-0.15, -0.1) is 0 Å². The highest BCUT2D eigenvalue weighted by Gasteiger charge is 2.38. The van der Waals surface area contributed by atoms with Crippen LogP contribution in [-0.4, -0.2) is 34.0 Å². The molecule has 2 heterocycles. The van der Waals surface area contributed by atoms with Crippen LogP contribution in [0.2, 0.25) is 5.02 Å². The third-order valence-corrected chi connectivity index (χ3v) is 4.98. The standard InChI is InChI=1S/C17H19ClN4O2/c1-22-15(23)8-13(16(22)10-4-6-12(18)7-5-10)19-9-14-20-17(24-21-14)11-2-3-11/h4-7,11,13,16,19H,2-3,8-9H2,1H3/t13-,16+/m1/s1. The van der Waals surface area contributed by atoms with Crippen molar-refractivity contribution in [3.05, 3.63) is 46.6 Å². The van der Waals surface area contributed by atoms with Crippen LogP contribution in [-0.2, 0) is 11.3 Å². The van der Waals surface area contributed by atoms with Gasteiger partial charge in [0.05, 0.1) is 12.6 Å². The SMILES string of the molecule is CN1C(=O)C[C@@H](NCc2noc(C3CC3)n2)[C@@H]1c1ccc(Cl)cc1. The molecule has 1 aliphatic heterocycles. The van der Waals surface area contributed by atoms with E-state index in [-0.39, 0.29) is 18.0 Å². The summed E-state index contributed by atoms with van der Waals surface area (Å²) >= 11 is 5.97. The molecule has 2 atom stereocenters. The highest BCUT2D eigenvalue weighted by molar-refractivity contribution is 6.30. The van der Waals surface area contributed by atoms with Gasteiger partial charge in [-0.25, -0.2) is 0 Å². The summed E-state index contributed by atoms with van der Waals surface area (Å²) < 4.78 is 5.28. The van der Waals surface area contributed by atoms with Crippen molar-refractivity contribution < 1.29 is 9.32 Å². The lowest BCUT2D eigenvalue weighted by molar-refractivity contribution is -0.127. The number of rotatable bonds is 5. The maximum Gasteiger partial charge on any atom is 0.229 e. The van der Waals surface area contributed by atoms with Crippen LogP contribution in [0.3, 0.4) is 0 Å². The van der Waals surface area contributed by atoms with Crippen molar-refractivity contribution in [2.45, 2.75) is 43.8 Å². The summed E-state index contributed by atoms with van der Waals surface area (Å²) in [5.74, 6) is 1.96. The van der Waals surface area contributed by atoms with E-state index in [0.29, 0.717) is 29.7 Å². The molecule has 0 bridgehead atoms. The lowest BCUT2D eigenvalue weighted by atomic mass is 10.0. The van der Waals surface area contributed by atoms with Gasteiger partial charge in [0.1, 0.15) is 0 Å². The molecule has 1 aromatic heterocycles. The molecule has 2 aromatic rings. The zero-order valence-electron chi connectivity index (χ0n) is 13.4. The van der Waals surface area contributed by atoms with Crippen LogP contribution < -0.4 is 5.32 Å². The third-order valence-electron chi connectivity index (χ3n) is 4.73. The zero-order chi connectivity index (χ0) is 16.7. The molecule has 1 saturated heterocycles. The van der Waals surface area contributed by atoms with Gasteiger partial charge >= 0.3 is 0 Å². The first-order valence-electron chi connectivity index (χ1n) is 8.19. The Labute approximate surface area is 145 Å². The highest BCUT2D eigenvalue weighted by Crippen LogP contribution is 2.39. The van der Waals surface area contributed by atoms with Gasteiger partial charge in [-0.2, -0.15) is 4.98 Å². The molecular formula is C17H19ClN4O2. The van der Waals surface area contributed by atoms with E-state index in [9.17, 15) is 4.79 Å². The molecule has 2 fully saturated rings. The molecule has 1 aromatic carbocycles. The van der Waals surface area contributed by atoms with E-state index in [2.05, 4.69) is 15.5 Å². The van der Waals surface area contributed by atoms with Crippen LogP contribution in [0.25, 0.3) is 0 Å².